The lowest BCUT2D eigenvalue weighted by Gasteiger charge is -2.35. The quantitative estimate of drug-likeness (QED) is 0.597. The van der Waals surface area contributed by atoms with Crippen molar-refractivity contribution >= 4 is 5.78 Å². The van der Waals surface area contributed by atoms with Crippen LogP contribution in [0.25, 0.3) is 0 Å². The smallest absolute Gasteiger partial charge is 0.216 e. The molecule has 0 aliphatic heterocycles. The molecule has 0 unspecified atom stereocenters. The predicted octanol–water partition coefficient (Wildman–Crippen LogP) is 3.71. The minimum Gasteiger partial charge on any atom is -0.316 e. The van der Waals surface area contributed by atoms with Gasteiger partial charge < -0.3 is 4.48 Å². The van der Waals surface area contributed by atoms with Gasteiger partial charge in [0.15, 0.2) is 0 Å². The van der Waals surface area contributed by atoms with Crippen LogP contribution in [0.1, 0.15) is 28.9 Å². The van der Waals surface area contributed by atoms with Crippen LogP contribution in [-0.4, -0.2) is 30.9 Å². The summed E-state index contributed by atoms with van der Waals surface area (Å²) in [6.45, 7) is 2.67. The summed E-state index contributed by atoms with van der Waals surface area (Å²) in [4.78, 5) is 12.4. The molecule has 0 aliphatic rings. The third kappa shape index (κ3) is 3.34. The van der Waals surface area contributed by atoms with Crippen molar-refractivity contribution in [2.45, 2.75) is 13.0 Å². The molecule has 20 heavy (non-hydrogen) atoms. The second-order valence-corrected chi connectivity index (χ2v) is 5.81. The average Bonchev–Trinajstić information content (AvgIpc) is 2.48. The van der Waals surface area contributed by atoms with Gasteiger partial charge in [0.1, 0.15) is 12.6 Å². The van der Waals surface area contributed by atoms with E-state index in [0.717, 1.165) is 5.56 Å². The summed E-state index contributed by atoms with van der Waals surface area (Å²) in [7, 11) is 4.22. The number of carbonyl (C=O) groups excluding carboxylic acids is 1. The molecule has 0 spiro atoms. The highest BCUT2D eigenvalue weighted by Crippen LogP contribution is 2.24. The van der Waals surface area contributed by atoms with Gasteiger partial charge in [-0.1, -0.05) is 60.7 Å². The topological polar surface area (TPSA) is 17.1 Å². The molecule has 0 radical (unpaired) electrons. The van der Waals surface area contributed by atoms with Gasteiger partial charge >= 0.3 is 0 Å². The first kappa shape index (κ1) is 14.5. The summed E-state index contributed by atoms with van der Waals surface area (Å²) < 4.78 is 0.651. The third-order valence-electron chi connectivity index (χ3n) is 3.98. The Bertz CT molecular complexity index is 560. The standard InChI is InChI=1S/C18H22NO/c1-15(16-10-6-4-7-11-16)19(2,3)14-18(20)17-12-8-5-9-13-17/h4-13,15H,14H2,1-3H3/q+1/t15-/m0/s1. The van der Waals surface area contributed by atoms with Crippen LogP contribution in [0.2, 0.25) is 0 Å². The van der Waals surface area contributed by atoms with Crippen LogP contribution in [0.15, 0.2) is 60.7 Å². The maximum atomic E-state index is 12.4. The van der Waals surface area contributed by atoms with Gasteiger partial charge in [-0.15, -0.1) is 0 Å². The van der Waals surface area contributed by atoms with E-state index in [4.69, 9.17) is 0 Å². The number of ketones is 1. The van der Waals surface area contributed by atoms with Crippen LogP contribution in [0.3, 0.4) is 0 Å². The summed E-state index contributed by atoms with van der Waals surface area (Å²) in [6.07, 6.45) is 0. The number of hydrogen-bond donors (Lipinski definition) is 0. The Morgan fingerprint density at radius 2 is 1.45 bits per heavy atom. The monoisotopic (exact) mass is 268 g/mol. The van der Waals surface area contributed by atoms with Crippen molar-refractivity contribution in [1.29, 1.82) is 0 Å². The number of rotatable bonds is 5. The molecule has 0 aromatic heterocycles. The lowest BCUT2D eigenvalue weighted by atomic mass is 10.0. The Morgan fingerprint density at radius 1 is 0.950 bits per heavy atom. The summed E-state index contributed by atoms with van der Waals surface area (Å²) in [5, 5.41) is 0. The molecule has 0 heterocycles. The molecule has 104 valence electrons. The molecule has 2 rings (SSSR count). The van der Waals surface area contributed by atoms with Crippen molar-refractivity contribution in [2.24, 2.45) is 0 Å². The number of hydrogen-bond acceptors (Lipinski definition) is 1. The van der Waals surface area contributed by atoms with Gasteiger partial charge in [0.2, 0.25) is 5.78 Å². The fourth-order valence-corrected chi connectivity index (χ4v) is 2.36. The summed E-state index contributed by atoms with van der Waals surface area (Å²) in [5.41, 5.74) is 2.05. The molecule has 0 N–H and O–H groups in total. The Kier molecular flexibility index (Phi) is 4.35. The number of Topliss-reactive ketones (excluding diaryl/α,β-unsaturated/α-hetero) is 1. The maximum absolute atomic E-state index is 12.4. The van der Waals surface area contributed by atoms with Crippen LogP contribution in [0.4, 0.5) is 0 Å². The van der Waals surface area contributed by atoms with E-state index in [-0.39, 0.29) is 11.8 Å². The lowest BCUT2D eigenvalue weighted by molar-refractivity contribution is -0.911. The minimum absolute atomic E-state index is 0.193. The van der Waals surface area contributed by atoms with Gasteiger partial charge in [0.25, 0.3) is 0 Å². The first-order valence-corrected chi connectivity index (χ1v) is 6.96. The molecule has 1 atom stereocenters. The van der Waals surface area contributed by atoms with Gasteiger partial charge in [0, 0.05) is 11.1 Å². The second-order valence-electron chi connectivity index (χ2n) is 5.81. The van der Waals surface area contributed by atoms with E-state index in [1.807, 2.05) is 48.5 Å². The van der Waals surface area contributed by atoms with Crippen molar-refractivity contribution in [2.75, 3.05) is 20.6 Å². The summed E-state index contributed by atoms with van der Waals surface area (Å²) in [5.74, 6) is 0.193. The first-order valence-electron chi connectivity index (χ1n) is 6.96. The highest BCUT2D eigenvalue weighted by molar-refractivity contribution is 5.96. The SMILES string of the molecule is C[C@@H](c1ccccc1)[N+](C)(C)CC(=O)c1ccccc1. The van der Waals surface area contributed by atoms with E-state index >= 15 is 0 Å². The highest BCUT2D eigenvalue weighted by Gasteiger charge is 2.28. The van der Waals surface area contributed by atoms with Crippen molar-refractivity contribution in [1.82, 2.24) is 0 Å². The van der Waals surface area contributed by atoms with Crippen molar-refractivity contribution in [3.05, 3.63) is 71.8 Å². The highest BCUT2D eigenvalue weighted by atomic mass is 16.1. The zero-order chi connectivity index (χ0) is 14.6. The normalized spacial score (nSPS) is 12.9. The van der Waals surface area contributed by atoms with Crippen molar-refractivity contribution < 1.29 is 9.28 Å². The van der Waals surface area contributed by atoms with Crippen LogP contribution >= 0.6 is 0 Å². The Hall–Kier alpha value is -1.93. The molecule has 2 aromatic carbocycles. The first-order chi connectivity index (χ1) is 9.50. The van der Waals surface area contributed by atoms with Gasteiger partial charge in [-0.05, 0) is 6.92 Å². The molecule has 0 fully saturated rings. The van der Waals surface area contributed by atoms with Crippen LogP contribution in [-0.2, 0) is 0 Å². The Balaban J connectivity index is 2.13. The fourth-order valence-electron chi connectivity index (χ4n) is 2.36. The molecule has 0 bridgehead atoms. The second kappa shape index (κ2) is 6.02. The van der Waals surface area contributed by atoms with Crippen LogP contribution in [0.5, 0.6) is 0 Å². The molecular formula is C18H22NO+. The zero-order valence-corrected chi connectivity index (χ0v) is 12.4. The van der Waals surface area contributed by atoms with E-state index in [0.29, 0.717) is 11.0 Å². The number of carbonyl (C=O) groups is 1. The molecule has 2 aromatic rings. The minimum atomic E-state index is 0.193. The van der Waals surface area contributed by atoms with E-state index in [9.17, 15) is 4.79 Å². The van der Waals surface area contributed by atoms with Crippen molar-refractivity contribution in [3.63, 3.8) is 0 Å². The van der Waals surface area contributed by atoms with E-state index in [1.54, 1.807) is 0 Å². The van der Waals surface area contributed by atoms with E-state index in [1.165, 1.54) is 5.56 Å². The molecule has 0 saturated heterocycles. The van der Waals surface area contributed by atoms with Crippen molar-refractivity contribution in [3.8, 4) is 0 Å². The Morgan fingerprint density at radius 3 is 2.00 bits per heavy atom. The third-order valence-corrected chi connectivity index (χ3v) is 3.98. The van der Waals surface area contributed by atoms with E-state index < -0.39 is 0 Å². The number of benzene rings is 2. The van der Waals surface area contributed by atoms with Crippen LogP contribution < -0.4 is 0 Å². The molecule has 0 aliphatic carbocycles. The lowest BCUT2D eigenvalue weighted by Crippen LogP contribution is -2.45. The number of nitrogens with zero attached hydrogens (tertiary/aromatic N) is 1. The van der Waals surface area contributed by atoms with Gasteiger partial charge in [-0.25, -0.2) is 0 Å². The number of likely N-dealkylation sites (N-methyl/N-ethyl adjacent to an activating group) is 1. The van der Waals surface area contributed by atoms with E-state index in [2.05, 4.69) is 33.2 Å². The molecule has 0 amide bonds. The molecular weight excluding hydrogens is 246 g/mol. The van der Waals surface area contributed by atoms with Gasteiger partial charge in [-0.3, -0.25) is 4.79 Å². The summed E-state index contributed by atoms with van der Waals surface area (Å²) in [6, 6.07) is 20.2. The Labute approximate surface area is 121 Å². The molecule has 2 heteroatoms. The average molecular weight is 268 g/mol. The largest absolute Gasteiger partial charge is 0.316 e. The predicted molar refractivity (Wildman–Crippen MR) is 82.6 cm³/mol. The van der Waals surface area contributed by atoms with Gasteiger partial charge in [0.05, 0.1) is 14.1 Å². The maximum Gasteiger partial charge on any atom is 0.216 e. The van der Waals surface area contributed by atoms with Crippen LogP contribution in [0, 0.1) is 0 Å². The fraction of sp³-hybridized carbons (Fsp3) is 0.278. The summed E-state index contributed by atoms with van der Waals surface area (Å²) >= 11 is 0. The molecule has 2 nitrogen and oxygen atoms in total. The molecule has 0 saturated carbocycles. The number of quaternary nitrogens is 1. The van der Waals surface area contributed by atoms with Gasteiger partial charge in [-0.2, -0.15) is 0 Å². The zero-order valence-electron chi connectivity index (χ0n) is 12.4.